The van der Waals surface area contributed by atoms with E-state index in [2.05, 4.69) is 5.32 Å². The molecular weight excluding hydrogens is 248 g/mol. The molecule has 1 saturated carbocycles. The predicted molar refractivity (Wildman–Crippen MR) is 67.0 cm³/mol. The van der Waals surface area contributed by atoms with Crippen LogP contribution in [0.4, 0.5) is 0 Å². The molecule has 1 aliphatic rings. The molecule has 0 atom stereocenters. The van der Waals surface area contributed by atoms with Crippen molar-refractivity contribution in [1.29, 1.82) is 0 Å². The molecule has 2 rings (SSSR count). The Morgan fingerprint density at radius 3 is 2.47 bits per heavy atom. The molecular formula is C13H16N2O4. The van der Waals surface area contributed by atoms with Crippen molar-refractivity contribution < 1.29 is 19.5 Å². The van der Waals surface area contributed by atoms with Crippen molar-refractivity contribution in [1.82, 2.24) is 9.88 Å². The van der Waals surface area contributed by atoms with Gasteiger partial charge in [-0.15, -0.1) is 0 Å². The predicted octanol–water partition coefficient (Wildman–Crippen LogP) is 0.821. The van der Waals surface area contributed by atoms with Gasteiger partial charge in [-0.1, -0.05) is 0 Å². The number of Topliss-reactive ketones (excluding diaryl/α,β-unsaturated/α-hetero) is 1. The van der Waals surface area contributed by atoms with Crippen LogP contribution in [0.1, 0.15) is 40.6 Å². The highest BCUT2D eigenvalue weighted by Gasteiger charge is 2.35. The second kappa shape index (κ2) is 4.87. The van der Waals surface area contributed by atoms with Crippen LogP contribution >= 0.6 is 0 Å². The quantitative estimate of drug-likeness (QED) is 0.788. The topological polar surface area (TPSA) is 88.4 Å². The molecule has 1 aromatic rings. The Morgan fingerprint density at radius 1 is 1.37 bits per heavy atom. The van der Waals surface area contributed by atoms with E-state index < -0.39 is 5.97 Å². The highest BCUT2D eigenvalue weighted by molar-refractivity contribution is 5.99. The molecule has 0 unspecified atom stereocenters. The van der Waals surface area contributed by atoms with E-state index in [9.17, 15) is 14.4 Å². The third-order valence-electron chi connectivity index (χ3n) is 3.47. The van der Waals surface area contributed by atoms with Crippen LogP contribution in [0.15, 0.2) is 12.3 Å². The summed E-state index contributed by atoms with van der Waals surface area (Å²) in [6.45, 7) is 1.44. The monoisotopic (exact) mass is 264 g/mol. The number of aryl methyl sites for hydroxylation is 1. The fraction of sp³-hybridized carbons (Fsp3) is 0.462. The summed E-state index contributed by atoms with van der Waals surface area (Å²) in [5.41, 5.74) is 0.897. The summed E-state index contributed by atoms with van der Waals surface area (Å²) in [4.78, 5) is 33.9. The van der Waals surface area contributed by atoms with Gasteiger partial charge < -0.3 is 15.0 Å². The largest absolute Gasteiger partial charge is 0.481 e. The molecule has 1 fully saturated rings. The number of nitrogens with zero attached hydrogens (tertiary/aromatic N) is 1. The number of nitrogens with one attached hydrogen (secondary N) is 1. The number of hydrogen-bond acceptors (Lipinski definition) is 3. The fourth-order valence-corrected chi connectivity index (χ4v) is 2.18. The van der Waals surface area contributed by atoms with Gasteiger partial charge in [0.05, 0.1) is 5.92 Å². The summed E-state index contributed by atoms with van der Waals surface area (Å²) in [6.07, 6.45) is 2.54. The Bertz CT molecular complexity index is 541. The van der Waals surface area contributed by atoms with Gasteiger partial charge in [-0.2, -0.15) is 0 Å². The molecule has 1 heterocycles. The Morgan fingerprint density at radius 2 is 2.00 bits per heavy atom. The lowest BCUT2D eigenvalue weighted by molar-refractivity contribution is -0.145. The smallest absolute Gasteiger partial charge is 0.306 e. The van der Waals surface area contributed by atoms with Crippen molar-refractivity contribution in [2.45, 2.75) is 25.8 Å². The lowest BCUT2D eigenvalue weighted by Gasteiger charge is -2.32. The number of carbonyl (C=O) groups is 3. The van der Waals surface area contributed by atoms with Crippen molar-refractivity contribution >= 4 is 17.7 Å². The molecule has 1 aromatic heterocycles. The summed E-state index contributed by atoms with van der Waals surface area (Å²) in [5.74, 6) is -1.54. The third kappa shape index (κ3) is 2.67. The van der Waals surface area contributed by atoms with Crippen LogP contribution in [0, 0.1) is 5.92 Å². The fourth-order valence-electron chi connectivity index (χ4n) is 2.18. The van der Waals surface area contributed by atoms with Gasteiger partial charge in [0.25, 0.3) is 5.91 Å². The first-order chi connectivity index (χ1) is 8.88. The molecule has 0 radical (unpaired) electrons. The first-order valence-electron chi connectivity index (χ1n) is 6.09. The molecule has 0 saturated heterocycles. The molecule has 19 heavy (non-hydrogen) atoms. The van der Waals surface area contributed by atoms with E-state index >= 15 is 0 Å². The van der Waals surface area contributed by atoms with Crippen LogP contribution < -0.4 is 5.32 Å². The SMILES string of the molecule is CC(=O)c1cc(C(=O)NC2CC(C(=O)O)C2)n(C)c1. The minimum absolute atomic E-state index is 0.0933. The number of carboxylic acids is 1. The van der Waals surface area contributed by atoms with Gasteiger partial charge in [0.1, 0.15) is 5.69 Å². The van der Waals surface area contributed by atoms with E-state index in [0.29, 0.717) is 24.1 Å². The average molecular weight is 264 g/mol. The number of aliphatic carboxylic acids is 1. The van der Waals surface area contributed by atoms with E-state index in [0.717, 1.165) is 0 Å². The maximum absolute atomic E-state index is 12.0. The highest BCUT2D eigenvalue weighted by Crippen LogP contribution is 2.27. The molecule has 0 aliphatic heterocycles. The molecule has 6 heteroatoms. The summed E-state index contributed by atoms with van der Waals surface area (Å²) in [5, 5.41) is 11.5. The van der Waals surface area contributed by atoms with Crippen LogP contribution in [0.5, 0.6) is 0 Å². The van der Waals surface area contributed by atoms with Gasteiger partial charge in [0.15, 0.2) is 5.78 Å². The number of aromatic nitrogens is 1. The zero-order valence-corrected chi connectivity index (χ0v) is 10.8. The summed E-state index contributed by atoms with van der Waals surface area (Å²) >= 11 is 0. The maximum Gasteiger partial charge on any atom is 0.306 e. The second-order valence-electron chi connectivity index (χ2n) is 4.96. The molecule has 0 spiro atoms. The lowest BCUT2D eigenvalue weighted by Crippen LogP contribution is -2.47. The van der Waals surface area contributed by atoms with Gasteiger partial charge in [0, 0.05) is 24.8 Å². The minimum Gasteiger partial charge on any atom is -0.481 e. The number of carboxylic acid groups (broad SMARTS) is 1. The molecule has 2 N–H and O–H groups in total. The Hall–Kier alpha value is -2.11. The number of ketones is 1. The van der Waals surface area contributed by atoms with Crippen molar-refractivity contribution in [2.24, 2.45) is 13.0 Å². The Balaban J connectivity index is 1.98. The molecule has 0 aromatic carbocycles. The van der Waals surface area contributed by atoms with E-state index in [1.165, 1.54) is 6.92 Å². The maximum atomic E-state index is 12.0. The molecule has 6 nitrogen and oxygen atoms in total. The van der Waals surface area contributed by atoms with E-state index in [4.69, 9.17) is 5.11 Å². The average Bonchev–Trinajstić information content (AvgIpc) is 2.64. The van der Waals surface area contributed by atoms with Crippen molar-refractivity contribution in [3.05, 3.63) is 23.5 Å². The van der Waals surface area contributed by atoms with Gasteiger partial charge in [0.2, 0.25) is 0 Å². The lowest BCUT2D eigenvalue weighted by atomic mass is 9.80. The van der Waals surface area contributed by atoms with Gasteiger partial charge in [-0.05, 0) is 25.8 Å². The molecule has 0 bridgehead atoms. The van der Waals surface area contributed by atoms with E-state index in [-0.39, 0.29) is 23.7 Å². The summed E-state index contributed by atoms with van der Waals surface area (Å²) < 4.78 is 1.60. The van der Waals surface area contributed by atoms with E-state index in [1.54, 1.807) is 23.9 Å². The molecule has 102 valence electrons. The van der Waals surface area contributed by atoms with Crippen LogP contribution in [0.3, 0.4) is 0 Å². The van der Waals surface area contributed by atoms with Crippen molar-refractivity contribution in [2.75, 3.05) is 0 Å². The van der Waals surface area contributed by atoms with Crippen LogP contribution in [-0.2, 0) is 11.8 Å². The first kappa shape index (κ1) is 13.3. The molecule has 1 amide bonds. The van der Waals surface area contributed by atoms with E-state index in [1.807, 2.05) is 0 Å². The molecule has 1 aliphatic carbocycles. The number of hydrogen-bond donors (Lipinski definition) is 2. The van der Waals surface area contributed by atoms with Gasteiger partial charge in [-0.3, -0.25) is 14.4 Å². The third-order valence-corrected chi connectivity index (χ3v) is 3.47. The summed E-state index contributed by atoms with van der Waals surface area (Å²) in [6, 6.07) is 1.45. The number of amides is 1. The van der Waals surface area contributed by atoms with Crippen LogP contribution in [0.2, 0.25) is 0 Å². The number of carbonyl (C=O) groups excluding carboxylic acids is 2. The van der Waals surface area contributed by atoms with Crippen LogP contribution in [0.25, 0.3) is 0 Å². The highest BCUT2D eigenvalue weighted by atomic mass is 16.4. The summed E-state index contributed by atoms with van der Waals surface area (Å²) in [7, 11) is 1.70. The Kier molecular flexibility index (Phi) is 3.42. The Labute approximate surface area is 110 Å². The van der Waals surface area contributed by atoms with Gasteiger partial charge >= 0.3 is 5.97 Å². The standard InChI is InChI=1S/C13H16N2O4/c1-7(16)9-5-11(15(2)6-9)12(17)14-10-3-8(4-10)13(18)19/h5-6,8,10H,3-4H2,1-2H3,(H,14,17)(H,18,19). The van der Waals surface area contributed by atoms with Crippen LogP contribution in [-0.4, -0.2) is 33.4 Å². The number of rotatable bonds is 4. The first-order valence-corrected chi connectivity index (χ1v) is 6.09. The second-order valence-corrected chi connectivity index (χ2v) is 4.96. The zero-order chi connectivity index (χ0) is 14.2. The van der Waals surface area contributed by atoms with Gasteiger partial charge in [-0.25, -0.2) is 0 Å². The van der Waals surface area contributed by atoms with Crippen molar-refractivity contribution in [3.8, 4) is 0 Å². The minimum atomic E-state index is -0.816. The normalized spacial score (nSPS) is 21.6. The zero-order valence-electron chi connectivity index (χ0n) is 10.8. The van der Waals surface area contributed by atoms with Crippen molar-refractivity contribution in [3.63, 3.8) is 0 Å².